The third kappa shape index (κ3) is 6.27. The van der Waals surface area contributed by atoms with Crippen molar-refractivity contribution in [1.29, 1.82) is 0 Å². The maximum absolute atomic E-state index is 11.8. The molecule has 0 bridgehead atoms. The second-order valence-electron chi connectivity index (χ2n) is 4.82. The smallest absolute Gasteiger partial charge is 0.338 e. The van der Waals surface area contributed by atoms with Gasteiger partial charge in [-0.05, 0) is 41.1 Å². The van der Waals surface area contributed by atoms with Gasteiger partial charge in [-0.3, -0.25) is 4.79 Å². The van der Waals surface area contributed by atoms with E-state index in [1.165, 1.54) is 0 Å². The molecule has 0 spiro atoms. The summed E-state index contributed by atoms with van der Waals surface area (Å²) in [7, 11) is 0. The van der Waals surface area contributed by atoms with Gasteiger partial charge in [0.05, 0.1) is 17.9 Å². The number of hydrogen-bond donors (Lipinski definition) is 2. The zero-order chi connectivity index (χ0) is 15.8. The molecule has 0 atom stereocenters. The molecule has 0 aromatic heterocycles. The molecular weight excluding hydrogens is 336 g/mol. The van der Waals surface area contributed by atoms with Gasteiger partial charge in [0.2, 0.25) is 5.91 Å². The third-order valence-corrected chi connectivity index (χ3v) is 3.32. The van der Waals surface area contributed by atoms with E-state index in [0.717, 1.165) is 0 Å². The normalized spacial score (nSPS) is 10.5. The average molecular weight is 357 g/mol. The average Bonchev–Trinajstić information content (AvgIpc) is 2.41. The topological polar surface area (TPSA) is 67.4 Å². The molecule has 0 aliphatic heterocycles. The van der Waals surface area contributed by atoms with Gasteiger partial charge in [0.15, 0.2) is 0 Å². The summed E-state index contributed by atoms with van der Waals surface area (Å²) < 4.78 is 5.58. The van der Waals surface area contributed by atoms with Gasteiger partial charge in [0.25, 0.3) is 0 Å². The Morgan fingerprint density at radius 1 is 1.33 bits per heavy atom. The first-order valence-corrected chi connectivity index (χ1v) is 7.73. The molecule has 0 fully saturated rings. The van der Waals surface area contributed by atoms with Crippen LogP contribution in [0.3, 0.4) is 0 Å². The van der Waals surface area contributed by atoms with Crippen LogP contribution in [0.4, 0.5) is 5.69 Å². The van der Waals surface area contributed by atoms with E-state index in [2.05, 4.69) is 26.6 Å². The Kier molecular flexibility index (Phi) is 7.39. The van der Waals surface area contributed by atoms with E-state index in [1.807, 2.05) is 13.8 Å². The molecular formula is C15H21BrN2O3. The highest BCUT2D eigenvalue weighted by atomic mass is 79.9. The van der Waals surface area contributed by atoms with Crippen LogP contribution in [0.25, 0.3) is 0 Å². The highest BCUT2D eigenvalue weighted by Crippen LogP contribution is 2.24. The number of hydrogen-bond acceptors (Lipinski definition) is 4. The third-order valence-electron chi connectivity index (χ3n) is 2.66. The standard InChI is InChI=1S/C15H21BrN2O3/c1-4-21-15(20)11-5-6-13(12(16)9-11)18-14(19)7-8-17-10(2)3/h5-6,9-10,17H,4,7-8H2,1-3H3,(H,18,19). The fraction of sp³-hybridized carbons (Fsp3) is 0.467. The van der Waals surface area contributed by atoms with Crippen LogP contribution in [-0.4, -0.2) is 31.1 Å². The molecule has 21 heavy (non-hydrogen) atoms. The van der Waals surface area contributed by atoms with Crippen molar-refractivity contribution in [3.05, 3.63) is 28.2 Å². The number of ether oxygens (including phenoxy) is 1. The van der Waals surface area contributed by atoms with Crippen LogP contribution >= 0.6 is 15.9 Å². The lowest BCUT2D eigenvalue weighted by atomic mass is 10.2. The highest BCUT2D eigenvalue weighted by molar-refractivity contribution is 9.10. The van der Waals surface area contributed by atoms with Gasteiger partial charge in [-0.15, -0.1) is 0 Å². The predicted octanol–water partition coefficient (Wildman–Crippen LogP) is 2.95. The van der Waals surface area contributed by atoms with Gasteiger partial charge in [-0.1, -0.05) is 13.8 Å². The van der Waals surface area contributed by atoms with Gasteiger partial charge >= 0.3 is 5.97 Å². The second kappa shape index (κ2) is 8.79. The van der Waals surface area contributed by atoms with E-state index < -0.39 is 0 Å². The van der Waals surface area contributed by atoms with E-state index in [0.29, 0.717) is 41.3 Å². The molecule has 0 heterocycles. The molecule has 6 heteroatoms. The van der Waals surface area contributed by atoms with Crippen LogP contribution in [0.5, 0.6) is 0 Å². The predicted molar refractivity (Wildman–Crippen MR) is 86.5 cm³/mol. The van der Waals surface area contributed by atoms with Gasteiger partial charge in [0.1, 0.15) is 0 Å². The second-order valence-corrected chi connectivity index (χ2v) is 5.68. The van der Waals surface area contributed by atoms with Crippen molar-refractivity contribution in [3.63, 3.8) is 0 Å². The van der Waals surface area contributed by atoms with Crippen molar-refractivity contribution in [3.8, 4) is 0 Å². The fourth-order valence-electron chi connectivity index (χ4n) is 1.64. The Bertz CT molecular complexity index is 504. The van der Waals surface area contributed by atoms with Gasteiger partial charge in [-0.25, -0.2) is 4.79 Å². The van der Waals surface area contributed by atoms with Crippen molar-refractivity contribution in [2.24, 2.45) is 0 Å². The molecule has 0 saturated heterocycles. The fourth-order valence-corrected chi connectivity index (χ4v) is 2.12. The molecule has 116 valence electrons. The molecule has 5 nitrogen and oxygen atoms in total. The van der Waals surface area contributed by atoms with Crippen molar-refractivity contribution in [1.82, 2.24) is 5.32 Å². The number of carbonyl (C=O) groups is 2. The zero-order valence-corrected chi connectivity index (χ0v) is 14.1. The summed E-state index contributed by atoms with van der Waals surface area (Å²) in [6.45, 7) is 6.78. The van der Waals surface area contributed by atoms with Crippen molar-refractivity contribution in [2.75, 3.05) is 18.5 Å². The number of amides is 1. The molecule has 0 unspecified atom stereocenters. The molecule has 0 radical (unpaired) electrons. The number of anilines is 1. The van der Waals surface area contributed by atoms with Crippen LogP contribution in [0.1, 0.15) is 37.6 Å². The summed E-state index contributed by atoms with van der Waals surface area (Å²) in [6.07, 6.45) is 0.393. The summed E-state index contributed by atoms with van der Waals surface area (Å²) in [5, 5.41) is 5.99. The molecule has 1 rings (SSSR count). The Morgan fingerprint density at radius 3 is 2.62 bits per heavy atom. The number of carbonyl (C=O) groups excluding carboxylic acids is 2. The molecule has 2 N–H and O–H groups in total. The summed E-state index contributed by atoms with van der Waals surface area (Å²) in [4.78, 5) is 23.4. The van der Waals surface area contributed by atoms with Crippen LogP contribution < -0.4 is 10.6 Å². The largest absolute Gasteiger partial charge is 0.462 e. The number of benzene rings is 1. The summed E-state index contributed by atoms with van der Waals surface area (Å²) in [6, 6.07) is 5.31. The summed E-state index contributed by atoms with van der Waals surface area (Å²) in [5.41, 5.74) is 1.08. The Balaban J connectivity index is 2.60. The lowest BCUT2D eigenvalue weighted by molar-refractivity contribution is -0.116. The minimum absolute atomic E-state index is 0.0762. The first-order chi connectivity index (χ1) is 9.93. The summed E-state index contributed by atoms with van der Waals surface area (Å²) in [5.74, 6) is -0.454. The Morgan fingerprint density at radius 2 is 2.05 bits per heavy atom. The molecule has 1 aromatic rings. The number of esters is 1. The lowest BCUT2D eigenvalue weighted by Crippen LogP contribution is -2.27. The number of halogens is 1. The minimum Gasteiger partial charge on any atom is -0.462 e. The molecule has 0 aliphatic carbocycles. The highest BCUT2D eigenvalue weighted by Gasteiger charge is 2.11. The maximum Gasteiger partial charge on any atom is 0.338 e. The minimum atomic E-state index is -0.378. The lowest BCUT2D eigenvalue weighted by Gasteiger charge is -2.10. The SMILES string of the molecule is CCOC(=O)c1ccc(NC(=O)CCNC(C)C)c(Br)c1. The maximum atomic E-state index is 11.8. The summed E-state index contributed by atoms with van der Waals surface area (Å²) >= 11 is 3.35. The van der Waals surface area contributed by atoms with Crippen LogP contribution in [0.15, 0.2) is 22.7 Å². The van der Waals surface area contributed by atoms with Crippen LogP contribution in [-0.2, 0) is 9.53 Å². The van der Waals surface area contributed by atoms with E-state index in [1.54, 1.807) is 25.1 Å². The van der Waals surface area contributed by atoms with E-state index >= 15 is 0 Å². The first kappa shape index (κ1) is 17.7. The first-order valence-electron chi connectivity index (χ1n) is 6.94. The quantitative estimate of drug-likeness (QED) is 0.737. The van der Waals surface area contributed by atoms with Gasteiger partial charge in [0, 0.05) is 23.5 Å². The molecule has 0 saturated carbocycles. The van der Waals surface area contributed by atoms with E-state index in [9.17, 15) is 9.59 Å². The Labute approximate surface area is 133 Å². The van der Waals surface area contributed by atoms with Crippen LogP contribution in [0, 0.1) is 0 Å². The monoisotopic (exact) mass is 356 g/mol. The van der Waals surface area contributed by atoms with E-state index in [4.69, 9.17) is 4.74 Å². The van der Waals surface area contributed by atoms with Crippen molar-refractivity contribution < 1.29 is 14.3 Å². The molecule has 1 amide bonds. The van der Waals surface area contributed by atoms with Gasteiger partial charge in [-0.2, -0.15) is 0 Å². The van der Waals surface area contributed by atoms with E-state index in [-0.39, 0.29) is 11.9 Å². The van der Waals surface area contributed by atoms with Crippen molar-refractivity contribution >= 4 is 33.5 Å². The number of nitrogens with one attached hydrogen (secondary N) is 2. The van der Waals surface area contributed by atoms with Gasteiger partial charge < -0.3 is 15.4 Å². The number of rotatable bonds is 7. The molecule has 1 aromatic carbocycles. The zero-order valence-electron chi connectivity index (χ0n) is 12.5. The molecule has 0 aliphatic rings. The Hall–Kier alpha value is -1.40. The van der Waals surface area contributed by atoms with Crippen molar-refractivity contribution in [2.45, 2.75) is 33.2 Å². The van der Waals surface area contributed by atoms with Crippen LogP contribution in [0.2, 0.25) is 0 Å².